The smallest absolute Gasteiger partial charge is 0.306 e. The fourth-order valence-corrected chi connectivity index (χ4v) is 3.15. The summed E-state index contributed by atoms with van der Waals surface area (Å²) >= 11 is 0. The van der Waals surface area contributed by atoms with E-state index in [0.717, 1.165) is 32.2 Å². The lowest BCUT2D eigenvalue weighted by Gasteiger charge is -2.31. The van der Waals surface area contributed by atoms with Gasteiger partial charge >= 0.3 is 5.97 Å². The maximum Gasteiger partial charge on any atom is 0.306 e. The Morgan fingerprint density at radius 2 is 2.00 bits per heavy atom. The molecule has 2 N–H and O–H groups in total. The van der Waals surface area contributed by atoms with Gasteiger partial charge in [0, 0.05) is 13.1 Å². The second-order valence-electron chi connectivity index (χ2n) is 6.21. The van der Waals surface area contributed by atoms with Crippen molar-refractivity contribution >= 4 is 11.9 Å². The molecular formula is C15H26N2O4. The van der Waals surface area contributed by atoms with Crippen LogP contribution in [0, 0.1) is 11.8 Å². The molecule has 0 aromatic rings. The van der Waals surface area contributed by atoms with Gasteiger partial charge in [-0.25, -0.2) is 0 Å². The van der Waals surface area contributed by atoms with E-state index >= 15 is 0 Å². The molecule has 6 nitrogen and oxygen atoms in total. The van der Waals surface area contributed by atoms with Crippen LogP contribution >= 0.6 is 0 Å². The van der Waals surface area contributed by atoms with Crippen LogP contribution in [0.3, 0.4) is 0 Å². The Kier molecular flexibility index (Phi) is 5.99. The van der Waals surface area contributed by atoms with Crippen LogP contribution in [-0.2, 0) is 14.3 Å². The summed E-state index contributed by atoms with van der Waals surface area (Å²) < 4.78 is 5.42. The summed E-state index contributed by atoms with van der Waals surface area (Å²) in [6, 6.07) is 0. The van der Waals surface area contributed by atoms with Crippen molar-refractivity contribution in [3.63, 3.8) is 0 Å². The van der Waals surface area contributed by atoms with Gasteiger partial charge in [-0.05, 0) is 45.1 Å². The quantitative estimate of drug-likeness (QED) is 0.781. The summed E-state index contributed by atoms with van der Waals surface area (Å²) in [5, 5.41) is 12.2. The van der Waals surface area contributed by atoms with Gasteiger partial charge in [0.05, 0.1) is 25.2 Å². The number of morpholine rings is 1. The molecule has 0 radical (unpaired) electrons. The van der Waals surface area contributed by atoms with Gasteiger partial charge in [-0.2, -0.15) is 0 Å². The first-order chi connectivity index (χ1) is 10.1. The van der Waals surface area contributed by atoms with Crippen molar-refractivity contribution in [1.29, 1.82) is 0 Å². The average Bonchev–Trinajstić information content (AvgIpc) is 2.47. The number of hydrogen-bond donors (Lipinski definition) is 2. The Hall–Kier alpha value is -1.14. The second kappa shape index (κ2) is 7.75. The van der Waals surface area contributed by atoms with Crippen LogP contribution in [0.2, 0.25) is 0 Å². The largest absolute Gasteiger partial charge is 0.481 e. The number of carbonyl (C=O) groups is 2. The maximum absolute atomic E-state index is 12.1. The molecule has 1 amide bonds. The fraction of sp³-hybridized carbons (Fsp3) is 0.867. The van der Waals surface area contributed by atoms with Crippen LogP contribution in [0.1, 0.15) is 32.6 Å². The van der Waals surface area contributed by atoms with Crippen LogP contribution in [0.5, 0.6) is 0 Å². The number of amides is 1. The molecule has 1 aliphatic heterocycles. The number of nitrogens with one attached hydrogen (secondary N) is 1. The predicted molar refractivity (Wildman–Crippen MR) is 77.9 cm³/mol. The zero-order valence-electron chi connectivity index (χ0n) is 12.7. The number of ether oxygens (including phenoxy) is 1. The van der Waals surface area contributed by atoms with Gasteiger partial charge in [-0.15, -0.1) is 0 Å². The molecule has 0 aromatic carbocycles. The molecule has 2 fully saturated rings. The third-order valence-electron chi connectivity index (χ3n) is 4.50. The Labute approximate surface area is 125 Å². The SMILES string of the molecule is CC1CN(C(=O)CNCC2CCC(C(=O)O)CC2)CCO1. The highest BCUT2D eigenvalue weighted by Gasteiger charge is 2.26. The molecule has 2 aliphatic rings. The Morgan fingerprint density at radius 3 is 2.62 bits per heavy atom. The number of carbonyl (C=O) groups excluding carboxylic acids is 1. The first-order valence-electron chi connectivity index (χ1n) is 7.89. The fourth-order valence-electron chi connectivity index (χ4n) is 3.15. The Balaban J connectivity index is 1.61. The topological polar surface area (TPSA) is 78.9 Å². The van der Waals surface area contributed by atoms with Crippen LogP contribution in [0.4, 0.5) is 0 Å². The van der Waals surface area contributed by atoms with Crippen molar-refractivity contribution in [2.75, 3.05) is 32.8 Å². The number of rotatable bonds is 5. The van der Waals surface area contributed by atoms with E-state index in [9.17, 15) is 9.59 Å². The zero-order valence-corrected chi connectivity index (χ0v) is 12.7. The van der Waals surface area contributed by atoms with E-state index in [1.807, 2.05) is 11.8 Å². The number of carboxylic acid groups (broad SMARTS) is 1. The molecule has 1 saturated carbocycles. The molecule has 1 saturated heterocycles. The average molecular weight is 298 g/mol. The Bertz CT molecular complexity index is 367. The van der Waals surface area contributed by atoms with Crippen molar-refractivity contribution in [1.82, 2.24) is 10.2 Å². The summed E-state index contributed by atoms with van der Waals surface area (Å²) in [6.07, 6.45) is 3.51. The number of aliphatic carboxylic acids is 1. The molecule has 0 aromatic heterocycles. The lowest BCUT2D eigenvalue weighted by Crippen LogP contribution is -2.48. The number of carboxylic acids is 1. The lowest BCUT2D eigenvalue weighted by molar-refractivity contribution is -0.143. The van der Waals surface area contributed by atoms with Gasteiger partial charge in [-0.3, -0.25) is 9.59 Å². The minimum absolute atomic E-state index is 0.119. The van der Waals surface area contributed by atoms with E-state index < -0.39 is 5.97 Å². The third kappa shape index (κ3) is 4.97. The van der Waals surface area contributed by atoms with Crippen molar-refractivity contribution in [2.45, 2.75) is 38.7 Å². The van der Waals surface area contributed by atoms with Crippen molar-refractivity contribution < 1.29 is 19.4 Å². The highest BCUT2D eigenvalue weighted by atomic mass is 16.5. The normalized spacial score (nSPS) is 30.1. The molecule has 0 bridgehead atoms. The molecule has 6 heteroatoms. The maximum atomic E-state index is 12.1. The molecule has 1 unspecified atom stereocenters. The van der Waals surface area contributed by atoms with Crippen LogP contribution in [0.25, 0.3) is 0 Å². The van der Waals surface area contributed by atoms with Gasteiger partial charge in [0.2, 0.25) is 5.91 Å². The molecule has 2 rings (SSSR count). The summed E-state index contributed by atoms with van der Waals surface area (Å²) in [4.78, 5) is 24.8. The van der Waals surface area contributed by atoms with Crippen LogP contribution < -0.4 is 5.32 Å². The summed E-state index contributed by atoms with van der Waals surface area (Å²) in [5.74, 6) is -0.211. The molecule has 21 heavy (non-hydrogen) atoms. The molecule has 1 heterocycles. The standard InChI is InChI=1S/C15H26N2O4/c1-11-10-17(6-7-21-11)14(18)9-16-8-12-2-4-13(5-3-12)15(19)20/h11-13,16H,2-10H2,1H3,(H,19,20). The molecule has 0 spiro atoms. The van der Waals surface area contributed by atoms with E-state index in [4.69, 9.17) is 9.84 Å². The third-order valence-corrected chi connectivity index (χ3v) is 4.50. The van der Waals surface area contributed by atoms with Gasteiger partial charge in [0.1, 0.15) is 0 Å². The first kappa shape index (κ1) is 16.2. The summed E-state index contributed by atoms with van der Waals surface area (Å²) in [5.41, 5.74) is 0. The van der Waals surface area contributed by atoms with E-state index in [1.54, 1.807) is 0 Å². The van der Waals surface area contributed by atoms with E-state index in [1.165, 1.54) is 0 Å². The van der Waals surface area contributed by atoms with Crippen molar-refractivity contribution in [3.05, 3.63) is 0 Å². The monoisotopic (exact) mass is 298 g/mol. The van der Waals surface area contributed by atoms with Gasteiger partial charge in [0.15, 0.2) is 0 Å². The number of hydrogen-bond acceptors (Lipinski definition) is 4. The molecule has 1 atom stereocenters. The highest BCUT2D eigenvalue weighted by Crippen LogP contribution is 2.28. The second-order valence-corrected chi connectivity index (χ2v) is 6.21. The van der Waals surface area contributed by atoms with Gasteiger partial charge < -0.3 is 20.1 Å². The zero-order chi connectivity index (χ0) is 15.2. The summed E-state index contributed by atoms with van der Waals surface area (Å²) in [7, 11) is 0. The van der Waals surface area contributed by atoms with Crippen LogP contribution in [-0.4, -0.2) is 60.8 Å². The van der Waals surface area contributed by atoms with Gasteiger partial charge in [-0.1, -0.05) is 0 Å². The van der Waals surface area contributed by atoms with E-state index in [-0.39, 0.29) is 17.9 Å². The molecule has 1 aliphatic carbocycles. The molecular weight excluding hydrogens is 272 g/mol. The highest BCUT2D eigenvalue weighted by molar-refractivity contribution is 5.78. The molecule has 120 valence electrons. The van der Waals surface area contributed by atoms with E-state index in [2.05, 4.69) is 5.32 Å². The predicted octanol–water partition coefficient (Wildman–Crippen LogP) is 0.714. The van der Waals surface area contributed by atoms with Crippen LogP contribution in [0.15, 0.2) is 0 Å². The van der Waals surface area contributed by atoms with E-state index in [0.29, 0.717) is 32.2 Å². The minimum atomic E-state index is -0.668. The lowest BCUT2D eigenvalue weighted by atomic mass is 9.82. The van der Waals surface area contributed by atoms with Crippen molar-refractivity contribution in [2.24, 2.45) is 11.8 Å². The Morgan fingerprint density at radius 1 is 1.29 bits per heavy atom. The summed E-state index contributed by atoms with van der Waals surface area (Å²) in [6.45, 7) is 5.11. The number of nitrogens with zero attached hydrogens (tertiary/aromatic N) is 1. The minimum Gasteiger partial charge on any atom is -0.481 e. The van der Waals surface area contributed by atoms with Crippen molar-refractivity contribution in [3.8, 4) is 0 Å². The first-order valence-corrected chi connectivity index (χ1v) is 7.89. The van der Waals surface area contributed by atoms with Gasteiger partial charge in [0.25, 0.3) is 0 Å².